The molecule has 1 atom stereocenters. The van der Waals surface area contributed by atoms with Crippen LogP contribution in [0.15, 0.2) is 10.5 Å². The van der Waals surface area contributed by atoms with Crippen molar-refractivity contribution in [3.8, 4) is 0 Å². The first-order valence-corrected chi connectivity index (χ1v) is 9.18. The average molecular weight is 340 g/mol. The summed E-state index contributed by atoms with van der Waals surface area (Å²) in [4.78, 5) is 2.78. The van der Waals surface area contributed by atoms with Crippen molar-refractivity contribution in [2.45, 2.75) is 51.5 Å². The maximum atomic E-state index is 6.79. The normalized spacial score (nSPS) is 41.7. The van der Waals surface area contributed by atoms with Crippen molar-refractivity contribution >= 4 is 27.3 Å². The van der Waals surface area contributed by atoms with Crippen molar-refractivity contribution in [2.75, 3.05) is 0 Å². The van der Waals surface area contributed by atoms with Gasteiger partial charge in [-0.15, -0.1) is 11.3 Å². The molecule has 3 heteroatoms. The molecule has 1 aromatic rings. The summed E-state index contributed by atoms with van der Waals surface area (Å²) in [7, 11) is 0. The van der Waals surface area contributed by atoms with Gasteiger partial charge in [0.2, 0.25) is 0 Å². The van der Waals surface area contributed by atoms with Crippen molar-refractivity contribution in [1.29, 1.82) is 0 Å². The molecule has 4 aliphatic carbocycles. The minimum atomic E-state index is 0.258. The number of thiophene rings is 1. The highest BCUT2D eigenvalue weighted by molar-refractivity contribution is 9.10. The van der Waals surface area contributed by atoms with Gasteiger partial charge in [0.15, 0.2) is 0 Å². The fraction of sp³-hybridized carbons (Fsp3) is 0.750. The average Bonchev–Trinajstić information content (AvgIpc) is 2.65. The Balaban J connectivity index is 1.69. The smallest absolute Gasteiger partial charge is 0.0458 e. The minimum Gasteiger partial charge on any atom is -0.323 e. The third-order valence-corrected chi connectivity index (χ3v) is 7.92. The first kappa shape index (κ1) is 12.8. The van der Waals surface area contributed by atoms with Gasteiger partial charge >= 0.3 is 0 Å². The van der Waals surface area contributed by atoms with E-state index in [1.165, 1.54) is 52.8 Å². The van der Waals surface area contributed by atoms with E-state index >= 15 is 0 Å². The van der Waals surface area contributed by atoms with Crippen molar-refractivity contribution < 1.29 is 0 Å². The third-order valence-electron chi connectivity index (χ3n) is 5.86. The lowest BCUT2D eigenvalue weighted by Crippen LogP contribution is -2.50. The molecule has 1 aromatic heterocycles. The maximum absolute atomic E-state index is 6.79. The summed E-state index contributed by atoms with van der Waals surface area (Å²) in [6, 6.07) is 2.49. The van der Waals surface area contributed by atoms with Gasteiger partial charge in [-0.3, -0.25) is 0 Å². The summed E-state index contributed by atoms with van der Waals surface area (Å²) in [5.41, 5.74) is 7.21. The monoisotopic (exact) mass is 339 g/mol. The Morgan fingerprint density at radius 2 is 1.74 bits per heavy atom. The molecule has 4 saturated carbocycles. The second kappa shape index (κ2) is 4.32. The van der Waals surface area contributed by atoms with Crippen LogP contribution in [0.25, 0.3) is 0 Å². The summed E-state index contributed by atoms with van der Waals surface area (Å²) in [5, 5.41) is 0. The Bertz CT molecular complexity index is 472. The summed E-state index contributed by atoms with van der Waals surface area (Å²) in [5.74, 6) is 2.95. The molecule has 2 N–H and O–H groups in total. The van der Waals surface area contributed by atoms with Crippen molar-refractivity contribution in [3.63, 3.8) is 0 Å². The molecule has 19 heavy (non-hydrogen) atoms. The molecular formula is C16H22BrNS. The largest absolute Gasteiger partial charge is 0.323 e. The predicted octanol–water partition coefficient (Wildman–Crippen LogP) is 5.04. The number of hydrogen-bond acceptors (Lipinski definition) is 2. The lowest BCUT2D eigenvalue weighted by molar-refractivity contribution is -0.0673. The fourth-order valence-corrected chi connectivity index (χ4v) is 7.59. The van der Waals surface area contributed by atoms with Crippen LogP contribution in [0.3, 0.4) is 0 Å². The first-order chi connectivity index (χ1) is 9.06. The first-order valence-electron chi connectivity index (χ1n) is 7.57. The Kier molecular flexibility index (Phi) is 2.92. The molecule has 0 saturated heterocycles. The van der Waals surface area contributed by atoms with Crippen LogP contribution < -0.4 is 5.73 Å². The Hall–Kier alpha value is 0.140. The van der Waals surface area contributed by atoms with E-state index in [4.69, 9.17) is 5.73 Å². The number of nitrogens with two attached hydrogens (primary N) is 1. The Morgan fingerprint density at radius 3 is 2.16 bits per heavy atom. The van der Waals surface area contributed by atoms with Crippen LogP contribution in [0.5, 0.6) is 0 Å². The zero-order chi connectivity index (χ0) is 13.2. The van der Waals surface area contributed by atoms with Gasteiger partial charge in [-0.05, 0) is 90.6 Å². The van der Waals surface area contributed by atoms with E-state index in [0.29, 0.717) is 5.41 Å². The number of rotatable bonds is 2. The molecular weight excluding hydrogens is 318 g/mol. The van der Waals surface area contributed by atoms with Gasteiger partial charge in [-0.2, -0.15) is 0 Å². The molecule has 5 rings (SSSR count). The van der Waals surface area contributed by atoms with Gasteiger partial charge in [0.1, 0.15) is 0 Å². The fourth-order valence-electron chi connectivity index (χ4n) is 5.55. The molecule has 1 unspecified atom stereocenters. The van der Waals surface area contributed by atoms with Gasteiger partial charge < -0.3 is 5.73 Å². The zero-order valence-electron chi connectivity index (χ0n) is 11.5. The SMILES string of the molecule is Cc1cc(Br)c(C(N)C23CC4CC(CC(C4)C2)C3)s1. The van der Waals surface area contributed by atoms with E-state index in [1.807, 2.05) is 11.3 Å². The van der Waals surface area contributed by atoms with E-state index in [0.717, 1.165) is 17.8 Å². The third kappa shape index (κ3) is 1.96. The summed E-state index contributed by atoms with van der Waals surface area (Å²) >= 11 is 5.63. The molecule has 4 fully saturated rings. The molecule has 0 spiro atoms. The topological polar surface area (TPSA) is 26.0 Å². The van der Waals surface area contributed by atoms with Crippen LogP contribution in [-0.2, 0) is 0 Å². The van der Waals surface area contributed by atoms with Crippen molar-refractivity contribution in [3.05, 3.63) is 20.3 Å². The standard InChI is InChI=1S/C16H22BrNS/c1-9-2-13(17)14(19-9)15(18)16-6-10-3-11(7-16)5-12(4-10)8-16/h2,10-12,15H,3-8,18H2,1H3. The lowest BCUT2D eigenvalue weighted by atomic mass is 9.47. The van der Waals surface area contributed by atoms with E-state index in [2.05, 4.69) is 28.9 Å². The van der Waals surface area contributed by atoms with Crippen LogP contribution >= 0.6 is 27.3 Å². The highest BCUT2D eigenvalue weighted by atomic mass is 79.9. The second-order valence-corrected chi connectivity index (χ2v) is 9.47. The molecule has 0 radical (unpaired) electrons. The van der Waals surface area contributed by atoms with Gasteiger partial charge in [0, 0.05) is 20.3 Å². The van der Waals surface area contributed by atoms with Crippen molar-refractivity contribution in [2.24, 2.45) is 28.9 Å². The predicted molar refractivity (Wildman–Crippen MR) is 84.3 cm³/mol. The zero-order valence-corrected chi connectivity index (χ0v) is 13.9. The van der Waals surface area contributed by atoms with Crippen molar-refractivity contribution in [1.82, 2.24) is 0 Å². The highest BCUT2D eigenvalue weighted by Gasteiger charge is 2.54. The molecule has 4 aliphatic rings. The molecule has 0 aromatic carbocycles. The second-order valence-electron chi connectivity index (χ2n) is 7.33. The molecule has 1 heterocycles. The van der Waals surface area contributed by atoms with Crippen LogP contribution in [0.2, 0.25) is 0 Å². The van der Waals surface area contributed by atoms with E-state index in [1.54, 1.807) is 0 Å². The van der Waals surface area contributed by atoms with Gasteiger partial charge in [0.25, 0.3) is 0 Å². The molecule has 4 bridgehead atoms. The molecule has 0 aliphatic heterocycles. The van der Waals surface area contributed by atoms with E-state index < -0.39 is 0 Å². The van der Waals surface area contributed by atoms with Gasteiger partial charge in [-0.25, -0.2) is 0 Å². The quantitative estimate of drug-likeness (QED) is 0.802. The summed E-state index contributed by atoms with van der Waals surface area (Å²) < 4.78 is 1.25. The lowest BCUT2D eigenvalue weighted by Gasteiger charge is -2.58. The van der Waals surface area contributed by atoms with Crippen LogP contribution in [0, 0.1) is 30.1 Å². The Morgan fingerprint density at radius 1 is 1.21 bits per heavy atom. The minimum absolute atomic E-state index is 0.258. The number of halogens is 1. The molecule has 1 nitrogen and oxygen atoms in total. The van der Waals surface area contributed by atoms with Gasteiger partial charge in [0.05, 0.1) is 0 Å². The maximum Gasteiger partial charge on any atom is 0.0458 e. The number of aryl methyl sites for hydroxylation is 1. The highest BCUT2D eigenvalue weighted by Crippen LogP contribution is 2.64. The summed E-state index contributed by atoms with van der Waals surface area (Å²) in [6.07, 6.45) is 8.67. The van der Waals surface area contributed by atoms with Crippen LogP contribution in [0.4, 0.5) is 0 Å². The van der Waals surface area contributed by atoms with E-state index in [9.17, 15) is 0 Å². The summed E-state index contributed by atoms with van der Waals surface area (Å²) in [6.45, 7) is 2.19. The Labute approximate surface area is 128 Å². The van der Waals surface area contributed by atoms with Crippen LogP contribution in [0.1, 0.15) is 54.3 Å². The van der Waals surface area contributed by atoms with Crippen LogP contribution in [-0.4, -0.2) is 0 Å². The number of hydrogen-bond donors (Lipinski definition) is 1. The molecule has 0 amide bonds. The molecule has 104 valence electrons. The van der Waals surface area contributed by atoms with E-state index in [-0.39, 0.29) is 6.04 Å². The van der Waals surface area contributed by atoms with Gasteiger partial charge in [-0.1, -0.05) is 0 Å².